The molecule has 0 aromatic heterocycles. The van der Waals surface area contributed by atoms with E-state index in [1.165, 1.54) is 35.4 Å². The average molecular weight is 432 g/mol. The predicted octanol–water partition coefficient (Wildman–Crippen LogP) is 3.58. The third-order valence-corrected chi connectivity index (χ3v) is 5.73. The Bertz CT molecular complexity index is 1230. The van der Waals surface area contributed by atoms with Crippen molar-refractivity contribution in [1.29, 1.82) is 0 Å². The van der Waals surface area contributed by atoms with Crippen molar-refractivity contribution in [3.05, 3.63) is 95.8 Å². The smallest absolute Gasteiger partial charge is 0.336 e. The number of nitrogens with zero attached hydrogens (tertiary/aromatic N) is 2. The monoisotopic (exact) mass is 432 g/mol. The molecule has 2 aliphatic rings. The molecule has 0 radical (unpaired) electrons. The van der Waals surface area contributed by atoms with Gasteiger partial charge in [0.2, 0.25) is 5.91 Å². The van der Waals surface area contributed by atoms with E-state index >= 15 is 0 Å². The van der Waals surface area contributed by atoms with E-state index in [1.807, 2.05) is 0 Å². The molecule has 160 valence electrons. The van der Waals surface area contributed by atoms with Crippen molar-refractivity contribution in [2.24, 2.45) is 5.92 Å². The number of carboxylic acid groups (broad SMARTS) is 1. The first-order chi connectivity index (χ1) is 15.5. The largest absolute Gasteiger partial charge is 0.478 e. The van der Waals surface area contributed by atoms with Crippen LogP contribution >= 0.6 is 0 Å². The van der Waals surface area contributed by atoms with Crippen molar-refractivity contribution < 1.29 is 28.7 Å². The number of amides is 2. The molecule has 0 spiro atoms. The van der Waals surface area contributed by atoms with Crippen molar-refractivity contribution in [3.8, 4) is 0 Å². The lowest BCUT2D eigenvalue weighted by molar-refractivity contribution is -0.126. The number of para-hydroxylation sites is 2. The minimum Gasteiger partial charge on any atom is -0.478 e. The van der Waals surface area contributed by atoms with Crippen LogP contribution in [0.4, 0.5) is 15.8 Å². The maximum atomic E-state index is 14.4. The van der Waals surface area contributed by atoms with Crippen molar-refractivity contribution in [2.45, 2.75) is 12.1 Å². The van der Waals surface area contributed by atoms with Crippen LogP contribution in [0.15, 0.2) is 78.9 Å². The predicted molar refractivity (Wildman–Crippen MR) is 112 cm³/mol. The number of anilines is 2. The van der Waals surface area contributed by atoms with Crippen LogP contribution in [0.1, 0.15) is 22.0 Å². The van der Waals surface area contributed by atoms with Crippen LogP contribution < -0.4 is 9.96 Å². The summed E-state index contributed by atoms with van der Waals surface area (Å²) in [6.45, 7) is 0. The molecular formula is C24H17FN2O5. The summed E-state index contributed by atoms with van der Waals surface area (Å²) < 4.78 is 14.4. The summed E-state index contributed by atoms with van der Waals surface area (Å²) in [6, 6.07) is 19.7. The molecule has 3 aromatic rings. The maximum Gasteiger partial charge on any atom is 0.336 e. The third kappa shape index (κ3) is 2.96. The van der Waals surface area contributed by atoms with Crippen LogP contribution in [-0.2, 0) is 14.4 Å². The van der Waals surface area contributed by atoms with Gasteiger partial charge in [-0.1, -0.05) is 48.5 Å². The lowest BCUT2D eigenvalue weighted by Crippen LogP contribution is -2.38. The number of rotatable bonds is 4. The summed E-state index contributed by atoms with van der Waals surface area (Å²) in [5.41, 5.74) is 0.724. The molecule has 3 aromatic carbocycles. The van der Waals surface area contributed by atoms with Crippen molar-refractivity contribution in [1.82, 2.24) is 0 Å². The molecular weight excluding hydrogens is 415 g/mol. The van der Waals surface area contributed by atoms with Gasteiger partial charge in [-0.15, -0.1) is 0 Å². The fourth-order valence-corrected chi connectivity index (χ4v) is 4.35. The average Bonchev–Trinajstić information content (AvgIpc) is 3.31. The lowest BCUT2D eigenvalue weighted by atomic mass is 9.88. The molecule has 7 nitrogen and oxygen atoms in total. The first-order valence-electron chi connectivity index (χ1n) is 9.94. The number of carbonyl (C=O) groups is 3. The fourth-order valence-electron chi connectivity index (χ4n) is 4.35. The number of hydroxylamine groups is 1. The van der Waals surface area contributed by atoms with Crippen LogP contribution in [0.3, 0.4) is 0 Å². The fraction of sp³-hybridized carbons (Fsp3) is 0.125. The van der Waals surface area contributed by atoms with Gasteiger partial charge in [-0.3, -0.25) is 14.4 Å². The number of halogens is 1. The second-order valence-corrected chi connectivity index (χ2v) is 7.51. The Morgan fingerprint density at radius 1 is 0.875 bits per heavy atom. The van der Waals surface area contributed by atoms with Gasteiger partial charge in [0.15, 0.2) is 6.10 Å². The highest BCUT2D eigenvalue weighted by molar-refractivity contribution is 6.24. The Morgan fingerprint density at radius 2 is 1.53 bits per heavy atom. The number of hydrogen-bond donors (Lipinski definition) is 1. The Kier molecular flexibility index (Phi) is 4.71. The zero-order valence-corrected chi connectivity index (χ0v) is 16.6. The van der Waals surface area contributed by atoms with E-state index in [-0.39, 0.29) is 11.3 Å². The van der Waals surface area contributed by atoms with Gasteiger partial charge in [-0.2, -0.15) is 0 Å². The lowest BCUT2D eigenvalue weighted by Gasteiger charge is -2.29. The molecule has 2 saturated heterocycles. The minimum absolute atomic E-state index is 0.00716. The minimum atomic E-state index is -1.21. The zero-order valence-electron chi connectivity index (χ0n) is 16.6. The molecule has 2 amide bonds. The van der Waals surface area contributed by atoms with Crippen LogP contribution in [0.2, 0.25) is 0 Å². The van der Waals surface area contributed by atoms with Crippen LogP contribution in [0, 0.1) is 11.7 Å². The summed E-state index contributed by atoms with van der Waals surface area (Å²) in [5, 5.41) is 11.1. The molecule has 2 fully saturated rings. The van der Waals surface area contributed by atoms with Crippen molar-refractivity contribution in [2.75, 3.05) is 9.96 Å². The van der Waals surface area contributed by atoms with Gasteiger partial charge in [-0.25, -0.2) is 19.1 Å². The van der Waals surface area contributed by atoms with E-state index in [1.54, 1.807) is 48.5 Å². The molecule has 3 atom stereocenters. The molecule has 0 aliphatic carbocycles. The van der Waals surface area contributed by atoms with Gasteiger partial charge in [0, 0.05) is 0 Å². The Hall–Kier alpha value is -4.04. The third-order valence-electron chi connectivity index (χ3n) is 5.73. The molecule has 5 rings (SSSR count). The highest BCUT2D eigenvalue weighted by Crippen LogP contribution is 2.48. The van der Waals surface area contributed by atoms with Crippen LogP contribution in [0.25, 0.3) is 0 Å². The summed E-state index contributed by atoms with van der Waals surface area (Å²) in [6.07, 6.45) is -1.21. The molecule has 0 saturated carbocycles. The van der Waals surface area contributed by atoms with Crippen LogP contribution in [-0.4, -0.2) is 29.0 Å². The van der Waals surface area contributed by atoms with E-state index in [0.29, 0.717) is 11.3 Å². The second kappa shape index (κ2) is 7.58. The number of fused-ring (bicyclic) bond motifs is 1. The first kappa shape index (κ1) is 19.9. The Morgan fingerprint density at radius 3 is 2.25 bits per heavy atom. The quantitative estimate of drug-likeness (QED) is 0.635. The Balaban J connectivity index is 1.65. The number of hydrogen-bond acceptors (Lipinski definition) is 5. The summed E-state index contributed by atoms with van der Waals surface area (Å²) in [5.74, 6) is -4.27. The summed E-state index contributed by atoms with van der Waals surface area (Å²) in [4.78, 5) is 45.3. The molecule has 0 unspecified atom stereocenters. The topological polar surface area (TPSA) is 87.2 Å². The highest BCUT2D eigenvalue weighted by Gasteiger charge is 2.61. The number of benzene rings is 3. The van der Waals surface area contributed by atoms with E-state index in [9.17, 15) is 23.9 Å². The highest BCUT2D eigenvalue weighted by atomic mass is 19.1. The molecule has 32 heavy (non-hydrogen) atoms. The van der Waals surface area contributed by atoms with Crippen molar-refractivity contribution in [3.63, 3.8) is 0 Å². The number of carbonyl (C=O) groups excluding carboxylic acids is 2. The molecule has 1 N–H and O–H groups in total. The van der Waals surface area contributed by atoms with Gasteiger partial charge in [0.25, 0.3) is 5.91 Å². The van der Waals surface area contributed by atoms with Gasteiger partial charge in [0.05, 0.1) is 23.0 Å². The first-order valence-corrected chi connectivity index (χ1v) is 9.94. The van der Waals surface area contributed by atoms with E-state index in [0.717, 1.165) is 4.90 Å². The van der Waals surface area contributed by atoms with Gasteiger partial charge in [0.1, 0.15) is 11.7 Å². The number of aromatic carboxylic acids is 1. The molecule has 2 aliphatic heterocycles. The van der Waals surface area contributed by atoms with Crippen LogP contribution in [0.5, 0.6) is 0 Å². The van der Waals surface area contributed by atoms with Crippen molar-refractivity contribution >= 4 is 29.2 Å². The summed E-state index contributed by atoms with van der Waals surface area (Å²) in [7, 11) is 0. The van der Waals surface area contributed by atoms with Gasteiger partial charge < -0.3 is 5.11 Å². The summed E-state index contributed by atoms with van der Waals surface area (Å²) >= 11 is 0. The zero-order chi connectivity index (χ0) is 22.4. The SMILES string of the molecule is O=C(O)c1ccccc1[C@@H]1[C@@H]2C(=O)N(c3ccccc3F)C(=O)[C@H]2ON1c1ccccc1. The van der Waals surface area contributed by atoms with E-state index < -0.39 is 41.7 Å². The molecule has 8 heteroatoms. The van der Waals surface area contributed by atoms with E-state index in [2.05, 4.69) is 0 Å². The maximum absolute atomic E-state index is 14.4. The van der Waals surface area contributed by atoms with Gasteiger partial charge >= 0.3 is 5.97 Å². The standard InChI is InChI=1S/C24H17FN2O5/c25-17-12-6-7-13-18(17)26-22(28)19-20(15-10-4-5-11-16(15)24(30)31)27(32-21(19)23(26)29)14-8-2-1-3-9-14/h1-13,19-21H,(H,30,31)/t19-,20+,21-/m0/s1. The molecule has 2 heterocycles. The van der Waals surface area contributed by atoms with Gasteiger partial charge in [-0.05, 0) is 35.9 Å². The number of carboxylic acids is 1. The normalized spacial score (nSPS) is 22.3. The molecule has 0 bridgehead atoms. The van der Waals surface area contributed by atoms with E-state index in [4.69, 9.17) is 4.84 Å². The second-order valence-electron chi connectivity index (χ2n) is 7.51. The Labute approximate surface area is 182 Å². The number of imide groups is 1.